The second kappa shape index (κ2) is 15.4. The summed E-state index contributed by atoms with van der Waals surface area (Å²) in [6.45, 7) is 0. The Bertz CT molecular complexity index is 4420. The highest BCUT2D eigenvalue weighted by molar-refractivity contribution is 6.18. The molecule has 0 saturated heterocycles. The number of benzene rings is 7. The maximum Gasteiger partial charge on any atom is 0.231 e. The van der Waals surface area contributed by atoms with Crippen molar-refractivity contribution in [2.75, 3.05) is 0 Å². The quantitative estimate of drug-likeness (QED) is 0.161. The summed E-state index contributed by atoms with van der Waals surface area (Å²) in [5, 5.41) is 8.02. The lowest BCUT2D eigenvalue weighted by Gasteiger charge is -2.29. The third-order valence-electron chi connectivity index (χ3n) is 15.2. The lowest BCUT2D eigenvalue weighted by Crippen LogP contribution is -2.16. The van der Waals surface area contributed by atoms with Crippen molar-refractivity contribution in [2.45, 2.75) is 0 Å². The van der Waals surface area contributed by atoms with E-state index in [0.29, 0.717) is 45.1 Å². The smallest absolute Gasteiger partial charge is 0.231 e. The molecule has 76 heavy (non-hydrogen) atoms. The third-order valence-corrected chi connectivity index (χ3v) is 15.2. The lowest BCUT2D eigenvalue weighted by atomic mass is 9.97. The maximum atomic E-state index is 7.33. The van der Waals surface area contributed by atoms with E-state index in [2.05, 4.69) is 140 Å². The molecule has 17 rings (SSSR count). The minimum atomic E-state index is 0.405. The van der Waals surface area contributed by atoms with Crippen molar-refractivity contribution in [3.63, 3.8) is 0 Å². The third kappa shape index (κ3) is 5.50. The molecule has 0 radical (unpaired) electrons. The van der Waals surface area contributed by atoms with Crippen molar-refractivity contribution in [3.05, 3.63) is 219 Å². The number of pyridine rings is 4. The van der Waals surface area contributed by atoms with Crippen LogP contribution in [0.4, 0.5) is 0 Å². The maximum absolute atomic E-state index is 7.33. The molecule has 10 heterocycles. The number of rotatable bonds is 6. The Kier molecular flexibility index (Phi) is 8.27. The predicted molar refractivity (Wildman–Crippen MR) is 301 cm³/mol. The first-order chi connectivity index (χ1) is 37.8. The SMILES string of the molecule is c1ccc2oc(-c3c(-n4c5ccccc5c5cnccc54)c(-n4c5ccccc5c5cnccc54)c(-c4nc5ccccc5o4)c(-n4c5ccccc5c5cnccc54)c3-n3c4ccccc4c4cnccc43)nc2c1. The molecule has 7 aromatic carbocycles. The van der Waals surface area contributed by atoms with E-state index in [4.69, 9.17) is 38.7 Å². The molecule has 0 aliphatic carbocycles. The molecule has 10 aromatic heterocycles. The number of aromatic nitrogens is 10. The monoisotopic (exact) mass is 976 g/mol. The van der Waals surface area contributed by atoms with Crippen LogP contribution in [0.3, 0.4) is 0 Å². The number of nitrogens with zero attached hydrogens (tertiary/aromatic N) is 10. The highest BCUT2D eigenvalue weighted by Crippen LogP contribution is 2.54. The van der Waals surface area contributed by atoms with Crippen molar-refractivity contribution >= 4 is 109 Å². The molecule has 12 nitrogen and oxygen atoms in total. The van der Waals surface area contributed by atoms with Gasteiger partial charge in [0.05, 0.1) is 78.0 Å². The van der Waals surface area contributed by atoms with Gasteiger partial charge in [-0.05, 0) is 72.8 Å². The van der Waals surface area contributed by atoms with Crippen molar-refractivity contribution in [1.29, 1.82) is 0 Å². The van der Waals surface area contributed by atoms with Gasteiger partial charge in [-0.25, -0.2) is 9.97 Å². The highest BCUT2D eigenvalue weighted by Gasteiger charge is 2.38. The highest BCUT2D eigenvalue weighted by atomic mass is 16.4. The van der Waals surface area contributed by atoms with Crippen LogP contribution in [-0.2, 0) is 0 Å². The average Bonchev–Trinajstić information content (AvgIpc) is 4.45. The second-order valence-electron chi connectivity index (χ2n) is 19.1. The van der Waals surface area contributed by atoms with Gasteiger partial charge >= 0.3 is 0 Å². The van der Waals surface area contributed by atoms with E-state index in [9.17, 15) is 0 Å². The zero-order chi connectivity index (χ0) is 49.6. The van der Waals surface area contributed by atoms with Crippen LogP contribution in [0.25, 0.3) is 155 Å². The van der Waals surface area contributed by atoms with E-state index in [-0.39, 0.29) is 0 Å². The van der Waals surface area contributed by atoms with Gasteiger partial charge in [-0.3, -0.25) is 19.9 Å². The Hall–Kier alpha value is -10.7. The molecule has 12 heteroatoms. The van der Waals surface area contributed by atoms with E-state index in [1.807, 2.05) is 98.1 Å². The zero-order valence-corrected chi connectivity index (χ0v) is 40.1. The molecule has 0 spiro atoms. The first kappa shape index (κ1) is 40.8. The molecule has 0 fully saturated rings. The Morgan fingerprint density at radius 1 is 0.263 bits per heavy atom. The van der Waals surface area contributed by atoms with Crippen molar-refractivity contribution in [1.82, 2.24) is 48.2 Å². The number of oxazole rings is 2. The standard InChI is InChI=1S/C64H36N10O2/c1-7-19-47-37(13-1)41-33-65-29-25-51(41)71(47)59-57(63-69-45-17-5-11-23-55(45)75-63)61(73-49-21-9-3-15-39(49)43-35-67-31-27-53(43)73)62(74-50-22-10-4-16-40(50)44-36-68-32-28-54(44)74)58(64-70-46-18-6-12-24-56(46)76-64)60(59)72-48-20-8-2-14-38(48)42-34-66-30-26-52(42)72/h1-36H. The lowest BCUT2D eigenvalue weighted by molar-refractivity contribution is 0.616. The molecule has 17 aromatic rings. The second-order valence-corrected chi connectivity index (χ2v) is 19.1. The van der Waals surface area contributed by atoms with Crippen LogP contribution in [0.15, 0.2) is 228 Å². The largest absolute Gasteiger partial charge is 0.436 e. The molecule has 0 bridgehead atoms. The van der Waals surface area contributed by atoms with Crippen LogP contribution in [0, 0.1) is 0 Å². The van der Waals surface area contributed by atoms with Crippen LogP contribution >= 0.6 is 0 Å². The fourth-order valence-corrected chi connectivity index (χ4v) is 12.2. The molecule has 0 unspecified atom stereocenters. The fourth-order valence-electron chi connectivity index (χ4n) is 12.2. The van der Waals surface area contributed by atoms with E-state index in [1.54, 1.807) is 0 Å². The molecule has 0 saturated carbocycles. The van der Waals surface area contributed by atoms with Crippen LogP contribution < -0.4 is 0 Å². The molecular weight excluding hydrogens is 941 g/mol. The van der Waals surface area contributed by atoms with E-state index < -0.39 is 0 Å². The van der Waals surface area contributed by atoms with Crippen LogP contribution in [-0.4, -0.2) is 48.2 Å². The number of hydrogen-bond acceptors (Lipinski definition) is 8. The van der Waals surface area contributed by atoms with Crippen LogP contribution in [0.1, 0.15) is 0 Å². The van der Waals surface area contributed by atoms with Gasteiger partial charge < -0.3 is 27.1 Å². The minimum Gasteiger partial charge on any atom is -0.436 e. The normalized spacial score (nSPS) is 12.2. The van der Waals surface area contributed by atoms with Crippen molar-refractivity contribution in [3.8, 4) is 45.7 Å². The molecule has 0 amide bonds. The molecule has 0 aliphatic rings. The van der Waals surface area contributed by atoms with Gasteiger partial charge in [0, 0.05) is 92.7 Å². The van der Waals surface area contributed by atoms with E-state index in [0.717, 1.165) is 110 Å². The fraction of sp³-hybridized carbons (Fsp3) is 0. The van der Waals surface area contributed by atoms with Gasteiger partial charge in [0.1, 0.15) is 11.0 Å². The Morgan fingerprint density at radius 2 is 0.526 bits per heavy atom. The molecule has 0 aliphatic heterocycles. The number of fused-ring (bicyclic) bond motifs is 14. The number of hydrogen-bond donors (Lipinski definition) is 0. The van der Waals surface area contributed by atoms with Gasteiger partial charge in [0.15, 0.2) is 11.2 Å². The summed E-state index contributed by atoms with van der Waals surface area (Å²) in [7, 11) is 0. The van der Waals surface area contributed by atoms with E-state index >= 15 is 0 Å². The van der Waals surface area contributed by atoms with Crippen LogP contribution in [0.5, 0.6) is 0 Å². The molecular formula is C64H36N10O2. The van der Waals surface area contributed by atoms with E-state index in [1.165, 1.54) is 0 Å². The summed E-state index contributed by atoms with van der Waals surface area (Å²) in [4.78, 5) is 30.2. The van der Waals surface area contributed by atoms with Crippen LogP contribution in [0.2, 0.25) is 0 Å². The summed E-state index contributed by atoms with van der Waals surface area (Å²) in [5.74, 6) is 0.810. The zero-order valence-electron chi connectivity index (χ0n) is 40.1. The van der Waals surface area contributed by atoms with Crippen molar-refractivity contribution < 1.29 is 8.83 Å². The predicted octanol–water partition coefficient (Wildman–Crippen LogP) is 15.3. The first-order valence-corrected chi connectivity index (χ1v) is 25.1. The van der Waals surface area contributed by atoms with Gasteiger partial charge in [-0.1, -0.05) is 97.1 Å². The van der Waals surface area contributed by atoms with Gasteiger partial charge in [0.25, 0.3) is 0 Å². The molecule has 354 valence electrons. The summed E-state index contributed by atoms with van der Waals surface area (Å²) < 4.78 is 24.1. The van der Waals surface area contributed by atoms with Gasteiger partial charge in [-0.15, -0.1) is 0 Å². The minimum absolute atomic E-state index is 0.405. The van der Waals surface area contributed by atoms with Crippen molar-refractivity contribution in [2.24, 2.45) is 0 Å². The molecule has 0 N–H and O–H groups in total. The topological polar surface area (TPSA) is 123 Å². The average molecular weight is 977 g/mol. The summed E-state index contributed by atoms with van der Waals surface area (Å²) in [5.41, 5.74) is 14.7. The first-order valence-electron chi connectivity index (χ1n) is 25.1. The summed E-state index contributed by atoms with van der Waals surface area (Å²) >= 11 is 0. The van der Waals surface area contributed by atoms with Gasteiger partial charge in [-0.2, -0.15) is 0 Å². The Balaban J connectivity index is 1.27. The Morgan fingerprint density at radius 3 is 0.829 bits per heavy atom. The Labute approximate surface area is 429 Å². The summed E-state index contributed by atoms with van der Waals surface area (Å²) in [6.07, 6.45) is 15.3. The summed E-state index contributed by atoms with van der Waals surface area (Å²) in [6, 6.07) is 58.5. The number of para-hydroxylation sites is 8. The van der Waals surface area contributed by atoms with Gasteiger partial charge in [0.2, 0.25) is 11.8 Å². The molecule has 0 atom stereocenters.